The van der Waals surface area contributed by atoms with Gasteiger partial charge in [-0.25, -0.2) is 8.42 Å². The minimum Gasteiger partial charge on any atom is -0.481 e. The number of hydrogen-bond acceptors (Lipinski definition) is 6. The Morgan fingerprint density at radius 2 is 1.94 bits per heavy atom. The molecule has 0 heterocycles. The summed E-state index contributed by atoms with van der Waals surface area (Å²) in [5, 5.41) is 18.2. The standard InChI is InChI=1S/C21H22BrF3N2O6S/c1-10(2)33-16-6-12(7-20(16,18(29)30)15-8-19(15,9-26)17(27)28)34(31,32)14-4-3-11(22)5-13(14)21(23,24)25/h3-5,10,12,15-16H,6-8H2,1-2H3,(H2,27,28)(H,29,30)/t12-,15?,16+,19?,20+/m1/s1. The van der Waals surface area contributed by atoms with E-state index in [1.807, 2.05) is 0 Å². The number of carboxylic acid groups (broad SMARTS) is 1. The fourth-order valence-electron chi connectivity index (χ4n) is 5.01. The van der Waals surface area contributed by atoms with Crippen LogP contribution in [-0.2, 0) is 30.3 Å². The van der Waals surface area contributed by atoms with Gasteiger partial charge in [0.15, 0.2) is 9.84 Å². The van der Waals surface area contributed by atoms with Gasteiger partial charge in [-0.3, -0.25) is 9.59 Å². The molecule has 2 unspecified atom stereocenters. The van der Waals surface area contributed by atoms with Gasteiger partial charge in [-0.05, 0) is 51.3 Å². The highest BCUT2D eigenvalue weighted by Gasteiger charge is 2.75. The van der Waals surface area contributed by atoms with Gasteiger partial charge in [0.05, 0.1) is 34.0 Å². The lowest BCUT2D eigenvalue weighted by Gasteiger charge is -2.33. The van der Waals surface area contributed by atoms with Crippen molar-refractivity contribution in [1.29, 1.82) is 5.26 Å². The Hall–Kier alpha value is -2.17. The number of alkyl halides is 3. The molecule has 0 aromatic heterocycles. The van der Waals surface area contributed by atoms with Crippen LogP contribution in [0.2, 0.25) is 0 Å². The normalized spacial score (nSPS) is 31.3. The largest absolute Gasteiger partial charge is 0.481 e. The molecule has 0 saturated heterocycles. The number of hydrogen-bond donors (Lipinski definition) is 2. The highest BCUT2D eigenvalue weighted by molar-refractivity contribution is 9.10. The SMILES string of the molecule is CC(C)O[C@H]1C[C@@H](S(=O)(=O)c2ccc(Br)cc2C(F)(F)F)C[C@]1(C(=O)O)C1CC1(C#N)C(N)=O. The third-order valence-electron chi connectivity index (χ3n) is 6.67. The van der Waals surface area contributed by atoms with Crippen LogP contribution in [0.3, 0.4) is 0 Å². The molecule has 8 nitrogen and oxygen atoms in total. The van der Waals surface area contributed by atoms with Gasteiger partial charge >= 0.3 is 12.1 Å². The molecule has 0 aliphatic heterocycles. The van der Waals surface area contributed by atoms with E-state index in [9.17, 15) is 41.5 Å². The molecule has 34 heavy (non-hydrogen) atoms. The second kappa shape index (κ2) is 8.49. The van der Waals surface area contributed by atoms with E-state index < -0.39 is 85.4 Å². The van der Waals surface area contributed by atoms with Crippen molar-refractivity contribution < 1.29 is 41.0 Å². The number of carbonyl (C=O) groups is 2. The number of halogens is 4. The van der Waals surface area contributed by atoms with Gasteiger partial charge in [-0.1, -0.05) is 15.9 Å². The monoisotopic (exact) mass is 566 g/mol. The van der Waals surface area contributed by atoms with Crippen LogP contribution in [0.4, 0.5) is 13.2 Å². The topological polar surface area (TPSA) is 148 Å². The molecule has 2 saturated carbocycles. The van der Waals surface area contributed by atoms with Crippen LogP contribution >= 0.6 is 15.9 Å². The molecule has 3 N–H and O–H groups in total. The maximum absolute atomic E-state index is 13.7. The lowest BCUT2D eigenvalue weighted by Crippen LogP contribution is -2.45. The number of amides is 1. The van der Waals surface area contributed by atoms with E-state index in [1.165, 1.54) is 0 Å². The number of sulfone groups is 1. The van der Waals surface area contributed by atoms with Gasteiger partial charge in [0.2, 0.25) is 5.91 Å². The van der Waals surface area contributed by atoms with Crippen LogP contribution in [0.1, 0.15) is 38.7 Å². The summed E-state index contributed by atoms with van der Waals surface area (Å²) in [5.41, 5.74) is 0.160. The van der Waals surface area contributed by atoms with Crippen LogP contribution in [0.25, 0.3) is 0 Å². The number of aliphatic carboxylic acids is 1. The number of nitrogens with two attached hydrogens (primary N) is 1. The van der Waals surface area contributed by atoms with Gasteiger partial charge in [0.1, 0.15) is 10.8 Å². The van der Waals surface area contributed by atoms with Crippen molar-refractivity contribution >= 4 is 37.6 Å². The summed E-state index contributed by atoms with van der Waals surface area (Å²) in [4.78, 5) is 23.6. The smallest absolute Gasteiger partial charge is 0.417 e. The average molecular weight is 567 g/mol. The van der Waals surface area contributed by atoms with Gasteiger partial charge in [0.25, 0.3) is 0 Å². The molecule has 186 valence electrons. The van der Waals surface area contributed by atoms with Gasteiger partial charge < -0.3 is 15.6 Å². The Balaban J connectivity index is 2.14. The lowest BCUT2D eigenvalue weighted by molar-refractivity contribution is -0.163. The van der Waals surface area contributed by atoms with E-state index >= 15 is 0 Å². The van der Waals surface area contributed by atoms with Crippen LogP contribution in [0, 0.1) is 28.1 Å². The first-order chi connectivity index (χ1) is 15.5. The third-order valence-corrected chi connectivity index (χ3v) is 9.36. The summed E-state index contributed by atoms with van der Waals surface area (Å²) >= 11 is 2.91. The summed E-state index contributed by atoms with van der Waals surface area (Å²) < 4.78 is 73.6. The average Bonchev–Trinajstić information content (AvgIpc) is 3.34. The molecular weight excluding hydrogens is 545 g/mol. The Kier molecular flexibility index (Phi) is 6.60. The van der Waals surface area contributed by atoms with Crippen molar-refractivity contribution in [2.45, 2.75) is 61.6 Å². The first-order valence-electron chi connectivity index (χ1n) is 10.2. The Bertz CT molecular complexity index is 1180. The van der Waals surface area contributed by atoms with E-state index in [1.54, 1.807) is 19.9 Å². The lowest BCUT2D eigenvalue weighted by atomic mass is 9.75. The molecule has 5 atom stereocenters. The molecule has 3 rings (SSSR count). The van der Waals surface area contributed by atoms with Gasteiger partial charge in [-0.15, -0.1) is 0 Å². The third kappa shape index (κ3) is 4.09. The predicted octanol–water partition coefficient (Wildman–Crippen LogP) is 3.28. The fraction of sp³-hybridized carbons (Fsp3) is 0.571. The number of carboxylic acids is 1. The highest BCUT2D eigenvalue weighted by atomic mass is 79.9. The van der Waals surface area contributed by atoms with Crippen molar-refractivity contribution in [3.05, 3.63) is 28.2 Å². The first kappa shape index (κ1) is 26.4. The van der Waals surface area contributed by atoms with Crippen molar-refractivity contribution in [2.24, 2.45) is 22.5 Å². The maximum atomic E-state index is 13.7. The van der Waals surface area contributed by atoms with E-state index in [2.05, 4.69) is 15.9 Å². The number of benzene rings is 1. The summed E-state index contributed by atoms with van der Waals surface area (Å²) in [7, 11) is -4.70. The summed E-state index contributed by atoms with van der Waals surface area (Å²) in [5.74, 6) is -3.68. The zero-order valence-electron chi connectivity index (χ0n) is 18.1. The van der Waals surface area contributed by atoms with Crippen LogP contribution < -0.4 is 5.73 Å². The van der Waals surface area contributed by atoms with Crippen molar-refractivity contribution in [2.75, 3.05) is 0 Å². The van der Waals surface area contributed by atoms with Crippen molar-refractivity contribution in [1.82, 2.24) is 0 Å². The molecule has 0 bridgehead atoms. The first-order valence-corrected chi connectivity index (χ1v) is 12.6. The second-order valence-corrected chi connectivity index (χ2v) is 12.1. The quantitative estimate of drug-likeness (QED) is 0.514. The zero-order valence-corrected chi connectivity index (χ0v) is 20.5. The molecule has 2 aliphatic carbocycles. The molecule has 2 aliphatic rings. The molecule has 1 aromatic carbocycles. The molecule has 2 fully saturated rings. The number of rotatable bonds is 7. The number of carbonyl (C=O) groups excluding carboxylic acids is 1. The Morgan fingerprint density at radius 3 is 2.38 bits per heavy atom. The van der Waals surface area contributed by atoms with E-state index in [4.69, 9.17) is 10.5 Å². The highest BCUT2D eigenvalue weighted by Crippen LogP contribution is 2.67. The Labute approximate surface area is 202 Å². The van der Waals surface area contributed by atoms with Crippen molar-refractivity contribution in [3.8, 4) is 6.07 Å². The predicted molar refractivity (Wildman–Crippen MR) is 115 cm³/mol. The molecule has 13 heteroatoms. The molecule has 1 aromatic rings. The maximum Gasteiger partial charge on any atom is 0.417 e. The number of ether oxygens (including phenoxy) is 1. The molecule has 0 radical (unpaired) electrons. The number of nitrogens with zero attached hydrogens (tertiary/aromatic N) is 1. The fourth-order valence-corrected chi connectivity index (χ4v) is 7.39. The van der Waals surface area contributed by atoms with E-state index in [0.29, 0.717) is 6.07 Å². The summed E-state index contributed by atoms with van der Waals surface area (Å²) in [6.45, 7) is 3.17. The molecular formula is C21H22BrF3N2O6S. The number of nitriles is 1. The van der Waals surface area contributed by atoms with E-state index in [-0.39, 0.29) is 10.9 Å². The van der Waals surface area contributed by atoms with E-state index in [0.717, 1.165) is 12.1 Å². The van der Waals surface area contributed by atoms with Crippen LogP contribution in [-0.4, -0.2) is 42.9 Å². The van der Waals surface area contributed by atoms with Crippen LogP contribution in [0.15, 0.2) is 27.6 Å². The summed E-state index contributed by atoms with van der Waals surface area (Å²) in [6.07, 6.45) is -8.07. The molecule has 0 spiro atoms. The minimum atomic E-state index is -4.99. The van der Waals surface area contributed by atoms with Crippen molar-refractivity contribution in [3.63, 3.8) is 0 Å². The zero-order chi connectivity index (χ0) is 25.9. The minimum absolute atomic E-state index is 0.0179. The number of primary amides is 1. The summed E-state index contributed by atoms with van der Waals surface area (Å²) in [6, 6.07) is 4.37. The van der Waals surface area contributed by atoms with Gasteiger partial charge in [-0.2, -0.15) is 18.4 Å². The molecule has 1 amide bonds. The van der Waals surface area contributed by atoms with Gasteiger partial charge in [0, 0.05) is 10.4 Å². The Morgan fingerprint density at radius 1 is 1.32 bits per heavy atom. The van der Waals surface area contributed by atoms with Crippen LogP contribution in [0.5, 0.6) is 0 Å². The second-order valence-electron chi connectivity index (χ2n) is 8.97.